The van der Waals surface area contributed by atoms with Gasteiger partial charge in [0.05, 0.1) is 0 Å². The van der Waals surface area contributed by atoms with E-state index < -0.39 is 24.0 Å². The first-order valence-electron chi connectivity index (χ1n) is 2.17. The molecule has 0 unspecified atom stereocenters. The van der Waals surface area contributed by atoms with Gasteiger partial charge in [-0.1, -0.05) is 0 Å². The van der Waals surface area contributed by atoms with E-state index in [1.807, 2.05) is 0 Å². The molecule has 0 saturated heterocycles. The fourth-order valence-corrected chi connectivity index (χ4v) is 0.227. The largest absolute Gasteiger partial charge is 0.410 e. The molecular weight excluding hydrogens is 175 g/mol. The third-order valence-electron chi connectivity index (χ3n) is 0.651. The van der Waals surface area contributed by atoms with Crippen molar-refractivity contribution in [3.05, 3.63) is 11.7 Å². The molecule has 0 aromatic rings. The third kappa shape index (κ3) is 2.52. The lowest BCUT2D eigenvalue weighted by Crippen LogP contribution is -2.04. The molecule has 0 radical (unpaired) electrons. The summed E-state index contributed by atoms with van der Waals surface area (Å²) in [5.74, 6) is -7.63. The van der Waals surface area contributed by atoms with Crippen LogP contribution < -0.4 is 0 Å². The van der Waals surface area contributed by atoms with Gasteiger partial charge in [0.15, 0.2) is 0 Å². The van der Waals surface area contributed by atoms with Crippen LogP contribution in [0.1, 0.15) is 0 Å². The van der Waals surface area contributed by atoms with Crippen molar-refractivity contribution in [2.45, 2.75) is 6.43 Å². The minimum Gasteiger partial charge on any atom is -0.247 e. The molecule has 0 atom stereocenters. The van der Waals surface area contributed by atoms with Crippen LogP contribution in [0, 0.1) is 0 Å². The van der Waals surface area contributed by atoms with E-state index >= 15 is 0 Å². The monoisotopic (exact) mass is 176 g/mol. The highest BCUT2D eigenvalue weighted by atomic mass is 19.3. The van der Waals surface area contributed by atoms with E-state index in [-0.39, 0.29) is 0 Å². The van der Waals surface area contributed by atoms with E-state index in [1.54, 1.807) is 0 Å². The minimum absolute atomic E-state index is 2.14. The average molecular weight is 176 g/mol. The summed E-state index contributed by atoms with van der Waals surface area (Å²) in [5.41, 5.74) is 0. The molecule has 0 rings (SSSR count). The third-order valence-corrected chi connectivity index (χ3v) is 0.651. The second-order valence-corrected chi connectivity index (χ2v) is 1.33. The van der Waals surface area contributed by atoms with Gasteiger partial charge in [0, 0.05) is 4.53 Å². The number of hydrogen-bond donors (Lipinski definition) is 0. The maximum atomic E-state index is 11.8. The Hall–Kier alpha value is -1.14. The van der Waals surface area contributed by atoms with Gasteiger partial charge < -0.3 is 0 Å². The second kappa shape index (κ2) is 3.89. The Kier molecular flexibility index (Phi) is 3.49. The molecule has 64 valence electrons. The maximum Gasteiger partial charge on any atom is 0.410 e. The predicted molar refractivity (Wildman–Crippen MR) is 22.4 cm³/mol. The lowest BCUT2D eigenvalue weighted by Gasteiger charge is -1.94. The lowest BCUT2D eigenvalue weighted by molar-refractivity contribution is -0.180. The van der Waals surface area contributed by atoms with Crippen LogP contribution >= 0.6 is 0 Å². The molecule has 0 aliphatic heterocycles. The minimum atomic E-state index is -3.80. The molecule has 7 heteroatoms. The number of carbonyl (C=O) groups excluding carboxylic acids is 1. The lowest BCUT2D eigenvalue weighted by atomic mass is 10.4. The van der Waals surface area contributed by atoms with E-state index in [0.717, 1.165) is 0 Å². The van der Waals surface area contributed by atoms with Crippen LogP contribution in [-0.4, -0.2) is 12.4 Å². The standard InChI is InChI=1S/C4HF5O2/c5-1(3(7)8)2(6)4(10)11-9/h3H. The number of halogens is 5. The molecule has 11 heavy (non-hydrogen) atoms. The zero-order valence-electron chi connectivity index (χ0n) is 4.78. The number of allylic oxidation sites excluding steroid dienone is 1. The van der Waals surface area contributed by atoms with Crippen molar-refractivity contribution in [1.29, 1.82) is 0 Å². The van der Waals surface area contributed by atoms with E-state index in [4.69, 9.17) is 0 Å². The van der Waals surface area contributed by atoms with Gasteiger partial charge in [-0.3, -0.25) is 0 Å². The molecular formula is C4HF5O2. The summed E-state index contributed by atoms with van der Waals surface area (Å²) in [7, 11) is 0. The molecule has 2 nitrogen and oxygen atoms in total. The summed E-state index contributed by atoms with van der Waals surface area (Å²) in [6.45, 7) is 0. The van der Waals surface area contributed by atoms with Crippen LogP contribution in [0.4, 0.5) is 22.1 Å². The zero-order chi connectivity index (χ0) is 9.02. The van der Waals surface area contributed by atoms with Crippen LogP contribution in [0.15, 0.2) is 11.7 Å². The van der Waals surface area contributed by atoms with Gasteiger partial charge in [0.2, 0.25) is 11.7 Å². The van der Waals surface area contributed by atoms with Crippen LogP contribution in [0.2, 0.25) is 0 Å². The maximum absolute atomic E-state index is 11.8. The molecule has 0 spiro atoms. The molecule has 0 fully saturated rings. The number of hydrogen-bond acceptors (Lipinski definition) is 2. The molecule has 0 heterocycles. The fraction of sp³-hybridized carbons (Fsp3) is 0.250. The van der Waals surface area contributed by atoms with Crippen molar-refractivity contribution in [3.8, 4) is 0 Å². The molecule has 0 aromatic carbocycles. The highest BCUT2D eigenvalue weighted by molar-refractivity contribution is 5.86. The van der Waals surface area contributed by atoms with Gasteiger partial charge in [0.25, 0.3) is 6.43 Å². The second-order valence-electron chi connectivity index (χ2n) is 1.33. The summed E-state index contributed by atoms with van der Waals surface area (Å²) < 4.78 is 56.5. The number of carbonyl (C=O) groups is 1. The van der Waals surface area contributed by atoms with Crippen molar-refractivity contribution in [2.75, 3.05) is 0 Å². The first-order valence-corrected chi connectivity index (χ1v) is 2.17. The fourth-order valence-electron chi connectivity index (χ4n) is 0.227. The SMILES string of the molecule is O=C(OF)C(F)=C(F)C(F)F. The van der Waals surface area contributed by atoms with Gasteiger partial charge in [-0.05, 0) is 0 Å². The topological polar surface area (TPSA) is 26.3 Å². The normalized spacial score (nSPS) is 12.9. The van der Waals surface area contributed by atoms with Crippen LogP contribution in [0.25, 0.3) is 0 Å². The number of rotatable bonds is 2. The van der Waals surface area contributed by atoms with Crippen molar-refractivity contribution in [1.82, 2.24) is 0 Å². The van der Waals surface area contributed by atoms with Crippen molar-refractivity contribution >= 4 is 5.97 Å². The Balaban J connectivity index is 4.52. The predicted octanol–water partition coefficient (Wildman–Crippen LogP) is 1.83. The van der Waals surface area contributed by atoms with Crippen molar-refractivity contribution in [3.63, 3.8) is 0 Å². The summed E-state index contributed by atoms with van der Waals surface area (Å²) in [5, 5.41) is 0. The van der Waals surface area contributed by atoms with Crippen LogP contribution in [0.5, 0.6) is 0 Å². The van der Waals surface area contributed by atoms with Crippen molar-refractivity contribution < 1.29 is 31.8 Å². The molecule has 0 aliphatic carbocycles. The van der Waals surface area contributed by atoms with E-state index in [2.05, 4.69) is 4.94 Å². The van der Waals surface area contributed by atoms with Gasteiger partial charge in [-0.2, -0.15) is 4.39 Å². The molecule has 0 bridgehead atoms. The average Bonchev–Trinajstić information content (AvgIpc) is 2.00. The van der Waals surface area contributed by atoms with Gasteiger partial charge in [-0.15, -0.1) is 0 Å². The Morgan fingerprint density at radius 1 is 1.27 bits per heavy atom. The molecule has 0 saturated carbocycles. The first kappa shape index (κ1) is 9.86. The van der Waals surface area contributed by atoms with Gasteiger partial charge in [-0.25, -0.2) is 22.9 Å². The summed E-state index contributed by atoms with van der Waals surface area (Å²) >= 11 is 0. The highest BCUT2D eigenvalue weighted by Crippen LogP contribution is 2.17. The Labute approximate surface area is 57.1 Å². The molecule has 0 aromatic heterocycles. The van der Waals surface area contributed by atoms with Gasteiger partial charge >= 0.3 is 5.97 Å². The quantitative estimate of drug-likeness (QED) is 0.473. The Morgan fingerprint density at radius 2 is 1.73 bits per heavy atom. The zero-order valence-corrected chi connectivity index (χ0v) is 4.78. The van der Waals surface area contributed by atoms with Crippen LogP contribution in [0.3, 0.4) is 0 Å². The summed E-state index contributed by atoms with van der Waals surface area (Å²) in [6.07, 6.45) is -3.80. The molecule has 0 amide bonds. The Bertz CT molecular complexity index is 187. The molecule has 0 aliphatic rings. The number of alkyl halides is 2. The summed E-state index contributed by atoms with van der Waals surface area (Å²) in [4.78, 5) is 11.8. The summed E-state index contributed by atoms with van der Waals surface area (Å²) in [6, 6.07) is 0. The Morgan fingerprint density at radius 3 is 2.00 bits per heavy atom. The first-order chi connectivity index (χ1) is 5.00. The van der Waals surface area contributed by atoms with Crippen molar-refractivity contribution in [2.24, 2.45) is 0 Å². The van der Waals surface area contributed by atoms with E-state index in [1.165, 1.54) is 0 Å². The molecule has 0 N–H and O–H groups in total. The van der Waals surface area contributed by atoms with Crippen LogP contribution in [-0.2, 0) is 9.74 Å². The highest BCUT2D eigenvalue weighted by Gasteiger charge is 2.24. The smallest absolute Gasteiger partial charge is 0.247 e. The van der Waals surface area contributed by atoms with Gasteiger partial charge in [0.1, 0.15) is 0 Å². The van der Waals surface area contributed by atoms with E-state index in [9.17, 15) is 26.9 Å². The van der Waals surface area contributed by atoms with E-state index in [0.29, 0.717) is 0 Å².